The number of hydrogen-bond donors (Lipinski definition) is 7. The van der Waals surface area contributed by atoms with Gasteiger partial charge in [0, 0.05) is 43.9 Å². The molecule has 1 fully saturated rings. The van der Waals surface area contributed by atoms with Gasteiger partial charge in [-0.1, -0.05) is 12.1 Å². The molecule has 1 aliphatic rings. The van der Waals surface area contributed by atoms with E-state index in [0.29, 0.717) is 13.1 Å². The number of aliphatic hydroxyl groups is 4. The van der Waals surface area contributed by atoms with Crippen molar-refractivity contribution in [2.24, 2.45) is 0 Å². The zero-order chi connectivity index (χ0) is 28.7. The quantitative estimate of drug-likeness (QED) is 0.131. The number of Topliss-reactive ketones (excluding diaryl/α,β-unsaturated/α-hetero) is 1. The number of benzene rings is 2. The standard InChI is InChI=1S/C26H33Cl2NO10/c27-7-9-29(10-8-28)12-16-18(33)11-19(38-26-25(37)24(36)23(35)20(13-30)39-26)21(22(16)34)17(32)6-3-14-1-4-15(31)5-2-14/h1-2,4-5,11,20,23-26,30-31,33-37H,3,6-10,12-13H2/t20-,23-,24+,25-,26-/m1/s1. The Morgan fingerprint density at radius 2 is 1.62 bits per heavy atom. The van der Waals surface area contributed by atoms with E-state index in [1.54, 1.807) is 17.0 Å². The van der Waals surface area contributed by atoms with Gasteiger partial charge in [-0.3, -0.25) is 9.69 Å². The summed E-state index contributed by atoms with van der Waals surface area (Å²) in [5.41, 5.74) is 0.473. The third kappa shape index (κ3) is 7.65. The monoisotopic (exact) mass is 589 g/mol. The summed E-state index contributed by atoms with van der Waals surface area (Å²) in [4.78, 5) is 15.2. The highest BCUT2D eigenvalue weighted by Gasteiger charge is 2.45. The zero-order valence-corrected chi connectivity index (χ0v) is 22.5. The molecule has 2 aromatic carbocycles. The van der Waals surface area contributed by atoms with E-state index in [1.807, 2.05) is 0 Å². The second-order valence-corrected chi connectivity index (χ2v) is 9.91. The van der Waals surface area contributed by atoms with E-state index < -0.39 is 54.6 Å². The Morgan fingerprint density at radius 3 is 2.21 bits per heavy atom. The van der Waals surface area contributed by atoms with Gasteiger partial charge in [0.2, 0.25) is 6.29 Å². The molecule has 5 atom stereocenters. The van der Waals surface area contributed by atoms with Crippen molar-refractivity contribution in [2.75, 3.05) is 31.5 Å². The molecule has 2 aromatic rings. The van der Waals surface area contributed by atoms with Gasteiger partial charge in [-0.2, -0.15) is 0 Å². The maximum absolute atomic E-state index is 13.4. The number of ether oxygens (including phenoxy) is 2. The minimum atomic E-state index is -1.78. The average Bonchev–Trinajstić information content (AvgIpc) is 2.91. The largest absolute Gasteiger partial charge is 0.508 e. The van der Waals surface area contributed by atoms with Gasteiger partial charge < -0.3 is 45.2 Å². The Bertz CT molecular complexity index is 1100. The normalized spacial score (nSPS) is 23.2. The number of alkyl halides is 2. The number of phenols is 3. The van der Waals surface area contributed by atoms with E-state index in [9.17, 15) is 40.5 Å². The molecule has 1 aliphatic heterocycles. The zero-order valence-electron chi connectivity index (χ0n) is 21.0. The van der Waals surface area contributed by atoms with E-state index >= 15 is 0 Å². The Balaban J connectivity index is 1.98. The number of nitrogens with zero attached hydrogens (tertiary/aromatic N) is 1. The first-order valence-corrected chi connectivity index (χ1v) is 13.4. The molecule has 39 heavy (non-hydrogen) atoms. The molecule has 13 heteroatoms. The Hall–Kier alpha value is -2.35. The molecule has 0 aromatic heterocycles. The fraction of sp³-hybridized carbons (Fsp3) is 0.500. The number of aromatic hydroxyl groups is 3. The minimum absolute atomic E-state index is 0.00960. The topological polar surface area (TPSA) is 180 Å². The van der Waals surface area contributed by atoms with E-state index in [1.165, 1.54) is 12.1 Å². The van der Waals surface area contributed by atoms with Crippen LogP contribution in [0.25, 0.3) is 0 Å². The number of ketones is 1. The van der Waals surface area contributed by atoms with Crippen molar-refractivity contribution in [3.63, 3.8) is 0 Å². The van der Waals surface area contributed by atoms with Crippen molar-refractivity contribution in [1.29, 1.82) is 0 Å². The summed E-state index contributed by atoms with van der Waals surface area (Å²) >= 11 is 11.7. The summed E-state index contributed by atoms with van der Waals surface area (Å²) in [7, 11) is 0. The van der Waals surface area contributed by atoms with Crippen LogP contribution in [0.5, 0.6) is 23.0 Å². The number of phenolic OH excluding ortho intramolecular Hbond substituents is 3. The van der Waals surface area contributed by atoms with Crippen LogP contribution in [0.1, 0.15) is 27.9 Å². The third-order valence-corrected chi connectivity index (χ3v) is 6.81. The summed E-state index contributed by atoms with van der Waals surface area (Å²) in [6, 6.07) is 7.33. The summed E-state index contributed by atoms with van der Waals surface area (Å²) in [6.07, 6.45) is -7.93. The van der Waals surface area contributed by atoms with Crippen molar-refractivity contribution >= 4 is 29.0 Å². The van der Waals surface area contributed by atoms with Gasteiger partial charge in [0.1, 0.15) is 53.0 Å². The predicted molar refractivity (Wildman–Crippen MR) is 142 cm³/mol. The van der Waals surface area contributed by atoms with Crippen LogP contribution in [-0.2, 0) is 17.7 Å². The first-order valence-electron chi connectivity index (χ1n) is 12.3. The lowest BCUT2D eigenvalue weighted by atomic mass is 9.97. The van der Waals surface area contributed by atoms with E-state index in [4.69, 9.17) is 32.7 Å². The van der Waals surface area contributed by atoms with Gasteiger partial charge in [-0.15, -0.1) is 23.2 Å². The lowest BCUT2D eigenvalue weighted by molar-refractivity contribution is -0.277. The van der Waals surface area contributed by atoms with Crippen molar-refractivity contribution < 1.29 is 50.0 Å². The Labute approximate surface area is 235 Å². The second kappa shape index (κ2) is 14.3. The molecule has 0 aliphatic carbocycles. The summed E-state index contributed by atoms with van der Waals surface area (Å²) in [6.45, 7) is 0.0894. The SMILES string of the molecule is O=C(CCc1ccc(O)cc1)c1c(O[C@@H]2O[C@H](CO)[C@@H](O)[C@H](O)[C@H]2O)cc(O)c(CN(CCCl)CCCl)c1O. The van der Waals surface area contributed by atoms with Crippen LogP contribution < -0.4 is 4.74 Å². The van der Waals surface area contributed by atoms with Gasteiger partial charge in [0.15, 0.2) is 5.78 Å². The maximum Gasteiger partial charge on any atom is 0.229 e. The maximum atomic E-state index is 13.4. The molecule has 11 nitrogen and oxygen atoms in total. The number of hydrogen-bond acceptors (Lipinski definition) is 11. The number of rotatable bonds is 13. The predicted octanol–water partition coefficient (Wildman–Crippen LogP) is 1.08. The number of aryl methyl sites for hydroxylation is 1. The Morgan fingerprint density at radius 1 is 0.974 bits per heavy atom. The number of aliphatic hydroxyl groups excluding tert-OH is 4. The van der Waals surface area contributed by atoms with Crippen LogP contribution in [0.3, 0.4) is 0 Å². The van der Waals surface area contributed by atoms with E-state index in [0.717, 1.165) is 11.6 Å². The van der Waals surface area contributed by atoms with Gasteiger partial charge in [-0.25, -0.2) is 0 Å². The second-order valence-electron chi connectivity index (χ2n) is 9.15. The number of carbonyl (C=O) groups excluding carboxylic acids is 1. The minimum Gasteiger partial charge on any atom is -0.508 e. The molecule has 0 bridgehead atoms. The third-order valence-electron chi connectivity index (χ3n) is 6.48. The van der Waals surface area contributed by atoms with Crippen LogP contribution in [0.2, 0.25) is 0 Å². The van der Waals surface area contributed by atoms with E-state index in [2.05, 4.69) is 0 Å². The van der Waals surface area contributed by atoms with Crippen LogP contribution in [0.15, 0.2) is 30.3 Å². The van der Waals surface area contributed by atoms with Crippen LogP contribution >= 0.6 is 23.2 Å². The molecule has 1 saturated heterocycles. The number of halogens is 2. The Kier molecular flexibility index (Phi) is 11.5. The van der Waals surface area contributed by atoms with Crippen LogP contribution in [0, 0.1) is 0 Å². The lowest BCUT2D eigenvalue weighted by Gasteiger charge is -2.39. The first-order chi connectivity index (χ1) is 18.6. The molecule has 7 N–H and O–H groups in total. The smallest absolute Gasteiger partial charge is 0.229 e. The van der Waals surface area contributed by atoms with Gasteiger partial charge in [-0.05, 0) is 24.1 Å². The van der Waals surface area contributed by atoms with Gasteiger partial charge >= 0.3 is 0 Å². The molecule has 0 amide bonds. The average molecular weight is 590 g/mol. The van der Waals surface area contributed by atoms with Gasteiger partial charge in [0.05, 0.1) is 12.2 Å². The summed E-state index contributed by atoms with van der Waals surface area (Å²) in [5.74, 6) is -1.29. The number of carbonyl (C=O) groups is 1. The fourth-order valence-corrected chi connectivity index (χ4v) is 4.74. The molecule has 1 heterocycles. The molecule has 0 spiro atoms. The molecule has 3 rings (SSSR count). The molecule has 0 saturated carbocycles. The first kappa shape index (κ1) is 31.2. The lowest BCUT2D eigenvalue weighted by Crippen LogP contribution is -2.60. The molecule has 216 valence electrons. The molecular formula is C26H33Cl2NO10. The summed E-state index contributed by atoms with van der Waals surface area (Å²) in [5, 5.41) is 71.6. The molecule has 0 radical (unpaired) electrons. The van der Waals surface area contributed by atoms with Gasteiger partial charge in [0.25, 0.3) is 0 Å². The van der Waals surface area contributed by atoms with E-state index in [-0.39, 0.29) is 53.8 Å². The van der Waals surface area contributed by atoms with Crippen molar-refractivity contribution in [3.8, 4) is 23.0 Å². The van der Waals surface area contributed by atoms with Crippen molar-refractivity contribution in [1.82, 2.24) is 4.90 Å². The highest BCUT2D eigenvalue weighted by Crippen LogP contribution is 2.41. The van der Waals surface area contributed by atoms with Crippen molar-refractivity contribution in [2.45, 2.75) is 50.1 Å². The highest BCUT2D eigenvalue weighted by molar-refractivity contribution is 6.18. The molecule has 0 unspecified atom stereocenters. The fourth-order valence-electron chi connectivity index (χ4n) is 4.26. The van der Waals surface area contributed by atoms with Crippen molar-refractivity contribution in [3.05, 3.63) is 47.0 Å². The molecular weight excluding hydrogens is 557 g/mol. The van der Waals surface area contributed by atoms with Crippen LogP contribution in [0.4, 0.5) is 0 Å². The summed E-state index contributed by atoms with van der Waals surface area (Å²) < 4.78 is 11.1. The highest BCUT2D eigenvalue weighted by atomic mass is 35.5. The van der Waals surface area contributed by atoms with Crippen LogP contribution in [-0.4, -0.2) is 109 Å².